The number of nitrogens with one attached hydrogen (secondary N) is 1. The van der Waals surface area contributed by atoms with E-state index in [0.29, 0.717) is 0 Å². The third kappa shape index (κ3) is 5.56. The Bertz CT molecular complexity index is 487. The number of aliphatic imine (C=N–C) groups is 1. The number of likely N-dealkylation sites (N-methyl/N-ethyl adjacent to an activating group) is 1. The SMILES string of the molecule is CN=C(NCc1cccc(OC)c1)N(C)CCOCC1CC1. The maximum absolute atomic E-state index is 5.67. The van der Waals surface area contributed by atoms with Crippen molar-refractivity contribution in [1.29, 1.82) is 0 Å². The molecule has 5 nitrogen and oxygen atoms in total. The minimum Gasteiger partial charge on any atom is -0.497 e. The molecular formula is C17H27N3O2. The van der Waals surface area contributed by atoms with Crippen LogP contribution in [0.15, 0.2) is 29.3 Å². The predicted molar refractivity (Wildman–Crippen MR) is 89.4 cm³/mol. The van der Waals surface area contributed by atoms with E-state index >= 15 is 0 Å². The third-order valence-corrected chi connectivity index (χ3v) is 3.78. The number of hydrogen-bond acceptors (Lipinski definition) is 3. The van der Waals surface area contributed by atoms with Crippen molar-refractivity contribution in [2.45, 2.75) is 19.4 Å². The van der Waals surface area contributed by atoms with Gasteiger partial charge in [-0.05, 0) is 36.5 Å². The average Bonchev–Trinajstić information content (AvgIpc) is 3.36. The standard InChI is InChI=1S/C17H27N3O2/c1-18-17(20(2)9-10-22-13-14-7-8-14)19-12-15-5-4-6-16(11-15)21-3/h4-6,11,14H,7-10,12-13H2,1-3H3,(H,18,19). The summed E-state index contributed by atoms with van der Waals surface area (Å²) in [6.45, 7) is 3.21. The van der Waals surface area contributed by atoms with Crippen LogP contribution in [0.25, 0.3) is 0 Å². The molecule has 0 bridgehead atoms. The first-order valence-electron chi connectivity index (χ1n) is 7.85. The Hall–Kier alpha value is -1.75. The number of nitrogens with zero attached hydrogens (tertiary/aromatic N) is 2. The fraction of sp³-hybridized carbons (Fsp3) is 0.588. The summed E-state index contributed by atoms with van der Waals surface area (Å²) >= 11 is 0. The van der Waals surface area contributed by atoms with Gasteiger partial charge in [-0.15, -0.1) is 0 Å². The van der Waals surface area contributed by atoms with Gasteiger partial charge in [0.1, 0.15) is 5.75 Å². The van der Waals surface area contributed by atoms with Crippen LogP contribution in [0.4, 0.5) is 0 Å². The maximum Gasteiger partial charge on any atom is 0.193 e. The van der Waals surface area contributed by atoms with Crippen molar-refractivity contribution in [1.82, 2.24) is 10.2 Å². The molecule has 1 saturated carbocycles. The maximum atomic E-state index is 5.67. The van der Waals surface area contributed by atoms with Gasteiger partial charge >= 0.3 is 0 Å². The number of benzene rings is 1. The quantitative estimate of drug-likeness (QED) is 0.454. The number of rotatable bonds is 8. The number of guanidine groups is 1. The first kappa shape index (κ1) is 16.6. The minimum atomic E-state index is 0.719. The lowest BCUT2D eigenvalue weighted by Gasteiger charge is -2.22. The van der Waals surface area contributed by atoms with E-state index in [9.17, 15) is 0 Å². The predicted octanol–water partition coefficient (Wildman–Crippen LogP) is 2.13. The molecule has 22 heavy (non-hydrogen) atoms. The Morgan fingerprint density at radius 2 is 2.23 bits per heavy atom. The zero-order valence-electron chi connectivity index (χ0n) is 13.8. The molecule has 1 aliphatic carbocycles. The molecule has 1 aromatic carbocycles. The second kappa shape index (κ2) is 8.63. The van der Waals surface area contributed by atoms with Crippen LogP contribution in [-0.2, 0) is 11.3 Å². The molecule has 0 atom stereocenters. The van der Waals surface area contributed by atoms with Crippen LogP contribution in [0.3, 0.4) is 0 Å². The van der Waals surface area contributed by atoms with Crippen molar-refractivity contribution in [2.24, 2.45) is 10.9 Å². The molecule has 0 aromatic heterocycles. The molecule has 1 aromatic rings. The summed E-state index contributed by atoms with van der Waals surface area (Å²) in [6, 6.07) is 8.04. The summed E-state index contributed by atoms with van der Waals surface area (Å²) in [5.41, 5.74) is 1.17. The summed E-state index contributed by atoms with van der Waals surface area (Å²) in [7, 11) is 5.51. The van der Waals surface area contributed by atoms with Crippen LogP contribution in [0.1, 0.15) is 18.4 Å². The molecule has 0 radical (unpaired) electrons. The molecule has 0 aliphatic heterocycles. The number of hydrogen-bond donors (Lipinski definition) is 1. The van der Waals surface area contributed by atoms with Gasteiger partial charge in [0.2, 0.25) is 0 Å². The van der Waals surface area contributed by atoms with Crippen molar-refractivity contribution < 1.29 is 9.47 Å². The molecule has 0 unspecified atom stereocenters. The van der Waals surface area contributed by atoms with Gasteiger partial charge in [-0.2, -0.15) is 0 Å². The summed E-state index contributed by atoms with van der Waals surface area (Å²) < 4.78 is 10.9. The van der Waals surface area contributed by atoms with E-state index in [-0.39, 0.29) is 0 Å². The summed E-state index contributed by atoms with van der Waals surface area (Å²) in [5.74, 6) is 2.56. The highest BCUT2D eigenvalue weighted by Gasteiger charge is 2.21. The Morgan fingerprint density at radius 1 is 1.41 bits per heavy atom. The van der Waals surface area contributed by atoms with Crippen LogP contribution in [0.2, 0.25) is 0 Å². The summed E-state index contributed by atoms with van der Waals surface area (Å²) in [4.78, 5) is 6.41. The largest absolute Gasteiger partial charge is 0.497 e. The molecule has 1 N–H and O–H groups in total. The molecule has 0 saturated heterocycles. The van der Waals surface area contributed by atoms with E-state index in [4.69, 9.17) is 9.47 Å². The Kier molecular flexibility index (Phi) is 6.52. The zero-order valence-corrected chi connectivity index (χ0v) is 13.8. The van der Waals surface area contributed by atoms with Gasteiger partial charge in [-0.1, -0.05) is 12.1 Å². The molecule has 0 spiro atoms. The molecular weight excluding hydrogens is 278 g/mol. The molecule has 0 heterocycles. The summed E-state index contributed by atoms with van der Waals surface area (Å²) in [5, 5.41) is 3.36. The van der Waals surface area contributed by atoms with Gasteiger partial charge in [0.15, 0.2) is 5.96 Å². The highest BCUT2D eigenvalue weighted by molar-refractivity contribution is 5.79. The topological polar surface area (TPSA) is 46.1 Å². The van der Waals surface area contributed by atoms with Crippen LogP contribution < -0.4 is 10.1 Å². The van der Waals surface area contributed by atoms with Gasteiger partial charge in [-0.25, -0.2) is 0 Å². The molecule has 0 amide bonds. The zero-order chi connectivity index (χ0) is 15.8. The average molecular weight is 305 g/mol. The van der Waals surface area contributed by atoms with Crippen LogP contribution in [-0.4, -0.2) is 51.8 Å². The van der Waals surface area contributed by atoms with Crippen molar-refractivity contribution in [2.75, 3.05) is 41.0 Å². The van der Waals surface area contributed by atoms with Crippen LogP contribution in [0.5, 0.6) is 5.75 Å². The monoisotopic (exact) mass is 305 g/mol. The summed E-state index contributed by atoms with van der Waals surface area (Å²) in [6.07, 6.45) is 2.67. The highest BCUT2D eigenvalue weighted by Crippen LogP contribution is 2.28. The van der Waals surface area contributed by atoms with Gasteiger partial charge < -0.3 is 19.7 Å². The van der Waals surface area contributed by atoms with E-state index in [1.54, 1.807) is 14.2 Å². The van der Waals surface area contributed by atoms with Gasteiger partial charge in [0.25, 0.3) is 0 Å². The minimum absolute atomic E-state index is 0.719. The number of ether oxygens (including phenoxy) is 2. The first-order chi connectivity index (χ1) is 10.7. The Balaban J connectivity index is 1.72. The lowest BCUT2D eigenvalue weighted by atomic mass is 10.2. The molecule has 122 valence electrons. The molecule has 5 heteroatoms. The fourth-order valence-electron chi connectivity index (χ4n) is 2.19. The second-order valence-electron chi connectivity index (χ2n) is 5.69. The van der Waals surface area contributed by atoms with E-state index in [1.807, 2.05) is 25.2 Å². The molecule has 1 fully saturated rings. The fourth-order valence-corrected chi connectivity index (χ4v) is 2.19. The van der Waals surface area contributed by atoms with E-state index in [2.05, 4.69) is 21.3 Å². The smallest absolute Gasteiger partial charge is 0.193 e. The second-order valence-corrected chi connectivity index (χ2v) is 5.69. The van der Waals surface area contributed by atoms with E-state index < -0.39 is 0 Å². The Labute approximate surface area is 133 Å². The number of methoxy groups -OCH3 is 1. The molecule has 2 rings (SSSR count). The van der Waals surface area contributed by atoms with Crippen LogP contribution in [0, 0.1) is 5.92 Å². The first-order valence-corrected chi connectivity index (χ1v) is 7.85. The Morgan fingerprint density at radius 3 is 2.91 bits per heavy atom. The lowest BCUT2D eigenvalue weighted by molar-refractivity contribution is 0.115. The highest BCUT2D eigenvalue weighted by atomic mass is 16.5. The van der Waals surface area contributed by atoms with Crippen LogP contribution >= 0.6 is 0 Å². The van der Waals surface area contributed by atoms with Gasteiger partial charge in [-0.3, -0.25) is 4.99 Å². The van der Waals surface area contributed by atoms with Crippen molar-refractivity contribution in [3.8, 4) is 5.75 Å². The van der Waals surface area contributed by atoms with Crippen molar-refractivity contribution in [3.63, 3.8) is 0 Å². The normalized spacial score (nSPS) is 14.8. The lowest BCUT2D eigenvalue weighted by Crippen LogP contribution is -2.40. The van der Waals surface area contributed by atoms with Gasteiger partial charge in [0.05, 0.1) is 13.7 Å². The van der Waals surface area contributed by atoms with Crippen molar-refractivity contribution in [3.05, 3.63) is 29.8 Å². The van der Waals surface area contributed by atoms with Gasteiger partial charge in [0, 0.05) is 33.8 Å². The third-order valence-electron chi connectivity index (χ3n) is 3.78. The van der Waals surface area contributed by atoms with E-state index in [1.165, 1.54) is 18.4 Å². The van der Waals surface area contributed by atoms with Crippen molar-refractivity contribution >= 4 is 5.96 Å². The van der Waals surface area contributed by atoms with E-state index in [0.717, 1.165) is 43.9 Å². The molecule has 1 aliphatic rings.